The van der Waals surface area contributed by atoms with Crippen LogP contribution >= 0.6 is 15.9 Å². The maximum absolute atomic E-state index is 11.5. The molecule has 2 aromatic carbocycles. The summed E-state index contributed by atoms with van der Waals surface area (Å²) < 4.78 is 0.606. The predicted octanol–water partition coefficient (Wildman–Crippen LogP) is 4.17. The molecule has 4 heteroatoms. The monoisotopic (exact) mass is 333 g/mol. The number of anilines is 1. The summed E-state index contributed by atoms with van der Waals surface area (Å²) in [5, 5.41) is 9.40. The van der Waals surface area contributed by atoms with Gasteiger partial charge in [0.2, 0.25) is 0 Å². The highest BCUT2D eigenvalue weighted by molar-refractivity contribution is 9.10. The molecule has 0 saturated carbocycles. The predicted molar refractivity (Wildman–Crippen MR) is 84.3 cm³/mol. The summed E-state index contributed by atoms with van der Waals surface area (Å²) in [5.74, 6) is -0.918. The van der Waals surface area contributed by atoms with Gasteiger partial charge in [0.1, 0.15) is 0 Å². The van der Waals surface area contributed by atoms with Gasteiger partial charge < -0.3 is 10.0 Å². The van der Waals surface area contributed by atoms with E-state index in [1.807, 2.05) is 49.4 Å². The molecule has 0 aliphatic carbocycles. The van der Waals surface area contributed by atoms with Crippen LogP contribution < -0.4 is 4.90 Å². The van der Waals surface area contributed by atoms with Crippen molar-refractivity contribution in [2.45, 2.75) is 13.5 Å². The van der Waals surface area contributed by atoms with E-state index in [0.29, 0.717) is 16.6 Å². The van der Waals surface area contributed by atoms with Crippen molar-refractivity contribution in [1.82, 2.24) is 0 Å². The van der Waals surface area contributed by atoms with E-state index >= 15 is 0 Å². The summed E-state index contributed by atoms with van der Waals surface area (Å²) in [7, 11) is 0. The van der Waals surface area contributed by atoms with E-state index < -0.39 is 5.97 Å². The van der Waals surface area contributed by atoms with E-state index in [0.717, 1.165) is 17.8 Å². The molecule has 0 aliphatic rings. The highest BCUT2D eigenvalue weighted by atomic mass is 79.9. The molecule has 20 heavy (non-hydrogen) atoms. The molecule has 0 aliphatic heterocycles. The van der Waals surface area contributed by atoms with Crippen LogP contribution in [-0.4, -0.2) is 17.6 Å². The number of carboxylic acids is 1. The summed E-state index contributed by atoms with van der Waals surface area (Å²) in [6.45, 7) is 3.45. The van der Waals surface area contributed by atoms with Crippen molar-refractivity contribution < 1.29 is 9.90 Å². The fourth-order valence-corrected chi connectivity index (χ4v) is 2.68. The largest absolute Gasteiger partial charge is 0.478 e. The molecule has 0 heterocycles. The van der Waals surface area contributed by atoms with Crippen LogP contribution in [0.25, 0.3) is 0 Å². The van der Waals surface area contributed by atoms with Crippen molar-refractivity contribution >= 4 is 27.6 Å². The van der Waals surface area contributed by atoms with E-state index in [2.05, 4.69) is 20.8 Å². The van der Waals surface area contributed by atoms with Crippen LogP contribution in [-0.2, 0) is 6.54 Å². The number of rotatable bonds is 5. The Bertz CT molecular complexity index is 599. The van der Waals surface area contributed by atoms with Gasteiger partial charge in [-0.3, -0.25) is 0 Å². The molecule has 0 aromatic heterocycles. The minimum absolute atomic E-state index is 0.310. The Hall–Kier alpha value is -1.81. The van der Waals surface area contributed by atoms with E-state index in [1.165, 1.54) is 0 Å². The Balaban J connectivity index is 2.37. The Labute approximate surface area is 127 Å². The van der Waals surface area contributed by atoms with Gasteiger partial charge in [-0.15, -0.1) is 0 Å². The number of halogens is 1. The van der Waals surface area contributed by atoms with Gasteiger partial charge in [0, 0.05) is 17.6 Å². The second kappa shape index (κ2) is 6.57. The summed E-state index contributed by atoms with van der Waals surface area (Å²) >= 11 is 3.32. The molecule has 0 amide bonds. The fourth-order valence-electron chi connectivity index (χ4n) is 2.16. The summed E-state index contributed by atoms with van der Waals surface area (Å²) in [4.78, 5) is 13.5. The minimum Gasteiger partial charge on any atom is -0.478 e. The molecule has 0 radical (unpaired) electrons. The number of aromatic carboxylic acids is 1. The van der Waals surface area contributed by atoms with Crippen LogP contribution in [0.2, 0.25) is 0 Å². The Morgan fingerprint density at radius 2 is 1.85 bits per heavy atom. The van der Waals surface area contributed by atoms with Gasteiger partial charge >= 0.3 is 5.97 Å². The van der Waals surface area contributed by atoms with Crippen molar-refractivity contribution in [3.05, 3.63) is 64.1 Å². The third-order valence-corrected chi connectivity index (χ3v) is 3.80. The first-order valence-electron chi connectivity index (χ1n) is 6.44. The zero-order valence-corrected chi connectivity index (χ0v) is 12.8. The summed E-state index contributed by atoms with van der Waals surface area (Å²) in [6, 6.07) is 15.5. The Kier molecular flexibility index (Phi) is 4.79. The van der Waals surface area contributed by atoms with Crippen molar-refractivity contribution in [3.8, 4) is 0 Å². The molecule has 0 bridgehead atoms. The quantitative estimate of drug-likeness (QED) is 0.892. The van der Waals surface area contributed by atoms with Crippen LogP contribution in [0.1, 0.15) is 22.8 Å². The van der Waals surface area contributed by atoms with Gasteiger partial charge in [0.05, 0.1) is 11.3 Å². The standard InChI is InChI=1S/C16H16BrNO2/c1-2-18(11-12-7-4-3-5-8-12)14-10-6-9-13(17)15(14)16(19)20/h3-10H,2,11H2,1H3,(H,19,20). The lowest BCUT2D eigenvalue weighted by atomic mass is 10.1. The fraction of sp³-hybridized carbons (Fsp3) is 0.188. The topological polar surface area (TPSA) is 40.5 Å². The lowest BCUT2D eigenvalue weighted by Crippen LogP contribution is -2.24. The average molecular weight is 334 g/mol. The van der Waals surface area contributed by atoms with Crippen LogP contribution in [0.15, 0.2) is 53.0 Å². The van der Waals surface area contributed by atoms with E-state index in [4.69, 9.17) is 0 Å². The van der Waals surface area contributed by atoms with Crippen molar-refractivity contribution in [3.63, 3.8) is 0 Å². The zero-order valence-electron chi connectivity index (χ0n) is 11.2. The SMILES string of the molecule is CCN(Cc1ccccc1)c1cccc(Br)c1C(=O)O. The highest BCUT2D eigenvalue weighted by Crippen LogP contribution is 2.28. The molecule has 0 fully saturated rings. The summed E-state index contributed by atoms with van der Waals surface area (Å²) in [5.41, 5.74) is 2.20. The minimum atomic E-state index is -0.918. The van der Waals surface area contributed by atoms with Crippen molar-refractivity contribution in [1.29, 1.82) is 0 Å². The number of benzene rings is 2. The van der Waals surface area contributed by atoms with E-state index in [9.17, 15) is 9.90 Å². The summed E-state index contributed by atoms with van der Waals surface area (Å²) in [6.07, 6.45) is 0. The lowest BCUT2D eigenvalue weighted by Gasteiger charge is -2.25. The number of hydrogen-bond acceptors (Lipinski definition) is 2. The molecule has 3 nitrogen and oxygen atoms in total. The molecule has 104 valence electrons. The molecular weight excluding hydrogens is 318 g/mol. The van der Waals surface area contributed by atoms with Crippen molar-refractivity contribution in [2.24, 2.45) is 0 Å². The van der Waals surface area contributed by atoms with Crippen LogP contribution in [0.3, 0.4) is 0 Å². The van der Waals surface area contributed by atoms with E-state index in [-0.39, 0.29) is 0 Å². The van der Waals surface area contributed by atoms with E-state index in [1.54, 1.807) is 6.07 Å². The Morgan fingerprint density at radius 3 is 2.45 bits per heavy atom. The number of nitrogens with zero attached hydrogens (tertiary/aromatic N) is 1. The first kappa shape index (κ1) is 14.6. The first-order valence-corrected chi connectivity index (χ1v) is 7.23. The number of carboxylic acid groups (broad SMARTS) is 1. The molecule has 2 rings (SSSR count). The van der Waals surface area contributed by atoms with Crippen LogP contribution in [0, 0.1) is 0 Å². The normalized spacial score (nSPS) is 10.3. The first-order chi connectivity index (χ1) is 9.63. The highest BCUT2D eigenvalue weighted by Gasteiger charge is 2.18. The maximum atomic E-state index is 11.5. The Morgan fingerprint density at radius 1 is 1.15 bits per heavy atom. The van der Waals surface area contributed by atoms with Gasteiger partial charge in [-0.25, -0.2) is 4.79 Å². The van der Waals surface area contributed by atoms with Crippen molar-refractivity contribution in [2.75, 3.05) is 11.4 Å². The van der Waals surface area contributed by atoms with Crippen LogP contribution in [0.4, 0.5) is 5.69 Å². The lowest BCUT2D eigenvalue weighted by molar-refractivity contribution is 0.0696. The number of carbonyl (C=O) groups is 1. The molecule has 2 aromatic rings. The van der Waals surface area contributed by atoms with Gasteiger partial charge in [0.25, 0.3) is 0 Å². The molecule has 0 spiro atoms. The smallest absolute Gasteiger partial charge is 0.338 e. The second-order valence-corrected chi connectivity index (χ2v) is 5.29. The molecule has 0 atom stereocenters. The van der Waals surface area contributed by atoms with Gasteiger partial charge in [-0.05, 0) is 40.5 Å². The third kappa shape index (κ3) is 3.20. The average Bonchev–Trinajstić information content (AvgIpc) is 2.45. The zero-order chi connectivity index (χ0) is 14.5. The van der Waals surface area contributed by atoms with Crippen LogP contribution in [0.5, 0.6) is 0 Å². The third-order valence-electron chi connectivity index (χ3n) is 3.14. The van der Waals surface area contributed by atoms with Gasteiger partial charge in [-0.2, -0.15) is 0 Å². The maximum Gasteiger partial charge on any atom is 0.338 e. The molecular formula is C16H16BrNO2. The molecule has 1 N–H and O–H groups in total. The number of hydrogen-bond donors (Lipinski definition) is 1. The molecule has 0 unspecified atom stereocenters. The molecule has 0 saturated heterocycles. The van der Waals surface area contributed by atoms with Gasteiger partial charge in [0.15, 0.2) is 0 Å². The second-order valence-electron chi connectivity index (χ2n) is 4.44. The van der Waals surface area contributed by atoms with Gasteiger partial charge in [-0.1, -0.05) is 36.4 Å².